The molecule has 1 saturated heterocycles. The maximum Gasteiger partial charge on any atom is 0.0896 e. The second-order valence-electron chi connectivity index (χ2n) is 5.70. The number of likely N-dealkylation sites (N-methyl/N-ethyl adjacent to an activating group) is 2. The quantitative estimate of drug-likeness (QED) is 0.864. The molecule has 1 aromatic carbocycles. The lowest BCUT2D eigenvalue weighted by Gasteiger charge is -2.36. The van der Waals surface area contributed by atoms with Crippen LogP contribution in [0, 0.1) is 0 Å². The average Bonchev–Trinajstić information content (AvgIpc) is 2.45. The number of benzene rings is 1. The lowest BCUT2D eigenvalue weighted by atomic mass is 9.97. The highest BCUT2D eigenvalue weighted by Crippen LogP contribution is 2.23. The van der Waals surface area contributed by atoms with Crippen LogP contribution in [-0.4, -0.2) is 44.3 Å². The van der Waals surface area contributed by atoms with Crippen molar-refractivity contribution in [3.05, 3.63) is 35.4 Å². The molecule has 2 rings (SSSR count). The molecule has 1 heterocycles. The van der Waals surface area contributed by atoms with Crippen LogP contribution in [0.15, 0.2) is 24.3 Å². The van der Waals surface area contributed by atoms with Gasteiger partial charge in [-0.15, -0.1) is 0 Å². The van der Waals surface area contributed by atoms with Crippen molar-refractivity contribution in [2.45, 2.75) is 38.8 Å². The van der Waals surface area contributed by atoms with Crippen molar-refractivity contribution in [1.82, 2.24) is 10.2 Å². The highest BCUT2D eigenvalue weighted by atomic mass is 16.5. The molecule has 0 bridgehead atoms. The Kier molecular flexibility index (Phi) is 6.02. The van der Waals surface area contributed by atoms with Gasteiger partial charge in [0.25, 0.3) is 0 Å². The fraction of sp³-hybridized carbons (Fsp3) is 0.647. The minimum atomic E-state index is 0.241. The van der Waals surface area contributed by atoms with E-state index in [1.807, 2.05) is 0 Å². The van der Waals surface area contributed by atoms with E-state index in [-0.39, 0.29) is 6.10 Å². The summed E-state index contributed by atoms with van der Waals surface area (Å²) >= 11 is 0. The Labute approximate surface area is 123 Å². The number of nitrogens with one attached hydrogen (secondary N) is 1. The third-order valence-corrected chi connectivity index (χ3v) is 3.94. The normalized spacial score (nSPS) is 21.9. The first-order chi connectivity index (χ1) is 9.74. The topological polar surface area (TPSA) is 24.5 Å². The minimum Gasteiger partial charge on any atom is -0.374 e. The summed E-state index contributed by atoms with van der Waals surface area (Å²) in [5, 5.41) is 3.61. The minimum absolute atomic E-state index is 0.241. The molecule has 20 heavy (non-hydrogen) atoms. The van der Waals surface area contributed by atoms with E-state index < -0.39 is 0 Å². The summed E-state index contributed by atoms with van der Waals surface area (Å²) < 4.78 is 6.01. The number of morpholine rings is 1. The highest BCUT2D eigenvalue weighted by molar-refractivity contribution is 5.27. The lowest BCUT2D eigenvalue weighted by Crippen LogP contribution is -2.46. The number of ether oxygens (including phenoxy) is 1. The van der Waals surface area contributed by atoms with Gasteiger partial charge in [0, 0.05) is 13.1 Å². The first-order valence-corrected chi connectivity index (χ1v) is 7.87. The van der Waals surface area contributed by atoms with Crippen LogP contribution in [0.3, 0.4) is 0 Å². The standard InChI is InChI=1S/C17H28N2O/c1-4-7-14-8-6-9-15(12-14)17(18-5-2)16-13-19(3)10-11-20-16/h6,8-9,12,16-18H,4-5,7,10-11,13H2,1-3H3. The predicted octanol–water partition coefficient (Wildman–Crippen LogP) is 2.62. The molecular weight excluding hydrogens is 248 g/mol. The van der Waals surface area contributed by atoms with Crippen LogP contribution in [0.4, 0.5) is 0 Å². The Hall–Kier alpha value is -0.900. The summed E-state index contributed by atoms with van der Waals surface area (Å²) in [6, 6.07) is 9.26. The van der Waals surface area contributed by atoms with E-state index in [4.69, 9.17) is 4.74 Å². The first kappa shape index (κ1) is 15.5. The van der Waals surface area contributed by atoms with Crippen molar-refractivity contribution in [2.24, 2.45) is 0 Å². The van der Waals surface area contributed by atoms with E-state index in [2.05, 4.69) is 55.4 Å². The van der Waals surface area contributed by atoms with E-state index >= 15 is 0 Å². The van der Waals surface area contributed by atoms with Crippen molar-refractivity contribution in [3.8, 4) is 0 Å². The number of nitrogens with zero attached hydrogens (tertiary/aromatic N) is 1. The molecule has 1 aromatic rings. The Morgan fingerprint density at radius 2 is 2.25 bits per heavy atom. The molecule has 3 nitrogen and oxygen atoms in total. The zero-order valence-corrected chi connectivity index (χ0v) is 13.1. The van der Waals surface area contributed by atoms with Crippen LogP contribution in [0.2, 0.25) is 0 Å². The molecule has 112 valence electrons. The third kappa shape index (κ3) is 4.05. The number of hydrogen-bond acceptors (Lipinski definition) is 3. The van der Waals surface area contributed by atoms with Gasteiger partial charge in [0.2, 0.25) is 0 Å². The molecular formula is C17H28N2O. The van der Waals surface area contributed by atoms with Crippen LogP contribution >= 0.6 is 0 Å². The van der Waals surface area contributed by atoms with Gasteiger partial charge in [0.05, 0.1) is 18.8 Å². The van der Waals surface area contributed by atoms with Gasteiger partial charge in [-0.1, -0.05) is 44.5 Å². The van der Waals surface area contributed by atoms with Crippen LogP contribution in [0.1, 0.15) is 37.4 Å². The van der Waals surface area contributed by atoms with Gasteiger partial charge in [-0.2, -0.15) is 0 Å². The van der Waals surface area contributed by atoms with Crippen LogP contribution in [-0.2, 0) is 11.2 Å². The fourth-order valence-electron chi connectivity index (χ4n) is 2.93. The molecule has 0 saturated carbocycles. The van der Waals surface area contributed by atoms with Crippen molar-refractivity contribution in [1.29, 1.82) is 0 Å². The van der Waals surface area contributed by atoms with Gasteiger partial charge in [-0.3, -0.25) is 0 Å². The zero-order chi connectivity index (χ0) is 14.4. The zero-order valence-electron chi connectivity index (χ0n) is 13.1. The molecule has 1 N–H and O–H groups in total. The number of aryl methyl sites for hydroxylation is 1. The first-order valence-electron chi connectivity index (χ1n) is 7.87. The summed E-state index contributed by atoms with van der Waals surface area (Å²) in [6.45, 7) is 8.22. The molecule has 1 fully saturated rings. The maximum atomic E-state index is 6.01. The molecule has 0 radical (unpaired) electrons. The summed E-state index contributed by atoms with van der Waals surface area (Å²) in [4.78, 5) is 2.36. The number of hydrogen-bond donors (Lipinski definition) is 1. The molecule has 1 aliphatic heterocycles. The predicted molar refractivity (Wildman–Crippen MR) is 84.1 cm³/mol. The fourth-order valence-corrected chi connectivity index (χ4v) is 2.93. The van der Waals surface area contributed by atoms with Gasteiger partial charge < -0.3 is 15.0 Å². The molecule has 0 amide bonds. The van der Waals surface area contributed by atoms with E-state index in [0.29, 0.717) is 6.04 Å². The molecule has 3 heteroatoms. The summed E-state index contributed by atoms with van der Waals surface area (Å²) in [7, 11) is 2.17. The third-order valence-electron chi connectivity index (χ3n) is 3.94. The van der Waals surface area contributed by atoms with Crippen molar-refractivity contribution >= 4 is 0 Å². The van der Waals surface area contributed by atoms with Crippen molar-refractivity contribution in [2.75, 3.05) is 33.3 Å². The monoisotopic (exact) mass is 276 g/mol. The molecule has 0 spiro atoms. The SMILES string of the molecule is CCCc1cccc(C(NCC)C2CN(C)CCO2)c1. The van der Waals surface area contributed by atoms with Crippen molar-refractivity contribution < 1.29 is 4.74 Å². The average molecular weight is 276 g/mol. The van der Waals surface area contributed by atoms with E-state index in [9.17, 15) is 0 Å². The molecule has 0 aromatic heterocycles. The Morgan fingerprint density at radius 3 is 2.95 bits per heavy atom. The summed E-state index contributed by atoms with van der Waals surface area (Å²) in [5.74, 6) is 0. The Morgan fingerprint density at radius 1 is 1.40 bits per heavy atom. The van der Waals surface area contributed by atoms with Crippen LogP contribution < -0.4 is 5.32 Å². The van der Waals surface area contributed by atoms with E-state index in [1.54, 1.807) is 0 Å². The molecule has 0 aliphatic carbocycles. The van der Waals surface area contributed by atoms with Gasteiger partial charge >= 0.3 is 0 Å². The Balaban J connectivity index is 2.16. The molecule has 2 unspecified atom stereocenters. The maximum absolute atomic E-state index is 6.01. The largest absolute Gasteiger partial charge is 0.374 e. The van der Waals surface area contributed by atoms with E-state index in [1.165, 1.54) is 17.5 Å². The number of rotatable bonds is 6. The van der Waals surface area contributed by atoms with E-state index in [0.717, 1.165) is 32.7 Å². The summed E-state index contributed by atoms with van der Waals surface area (Å²) in [5.41, 5.74) is 2.79. The smallest absolute Gasteiger partial charge is 0.0896 e. The highest BCUT2D eigenvalue weighted by Gasteiger charge is 2.27. The molecule has 2 atom stereocenters. The van der Waals surface area contributed by atoms with Crippen LogP contribution in [0.25, 0.3) is 0 Å². The Bertz CT molecular complexity index is 408. The van der Waals surface area contributed by atoms with Crippen molar-refractivity contribution in [3.63, 3.8) is 0 Å². The van der Waals surface area contributed by atoms with Gasteiger partial charge in [-0.25, -0.2) is 0 Å². The second-order valence-corrected chi connectivity index (χ2v) is 5.70. The van der Waals surface area contributed by atoms with Gasteiger partial charge in [-0.05, 0) is 31.1 Å². The second kappa shape index (κ2) is 7.77. The lowest BCUT2D eigenvalue weighted by molar-refractivity contribution is -0.0390. The van der Waals surface area contributed by atoms with Crippen LogP contribution in [0.5, 0.6) is 0 Å². The summed E-state index contributed by atoms with van der Waals surface area (Å²) in [6.07, 6.45) is 2.58. The van der Waals surface area contributed by atoms with Gasteiger partial charge in [0.1, 0.15) is 0 Å². The van der Waals surface area contributed by atoms with Gasteiger partial charge in [0.15, 0.2) is 0 Å². The molecule has 1 aliphatic rings.